The van der Waals surface area contributed by atoms with E-state index in [4.69, 9.17) is 0 Å². The second-order valence-electron chi connectivity index (χ2n) is 9.02. The Morgan fingerprint density at radius 2 is 1.72 bits per heavy atom. The number of carbonyl (C=O) groups excluding carboxylic acids is 3. The number of rotatable bonds is 5. The summed E-state index contributed by atoms with van der Waals surface area (Å²) in [6.07, 6.45) is 5.65. The molecule has 168 valence electrons. The van der Waals surface area contributed by atoms with E-state index in [-0.39, 0.29) is 30.2 Å². The number of benzene rings is 2. The molecular formula is C26H31N3O3. The fraction of sp³-hybridized carbons (Fsp3) is 0.423. The van der Waals surface area contributed by atoms with Crippen LogP contribution in [0.4, 0.5) is 11.4 Å². The van der Waals surface area contributed by atoms with Crippen molar-refractivity contribution in [2.45, 2.75) is 58.4 Å². The minimum Gasteiger partial charge on any atom is -0.349 e. The monoisotopic (exact) mass is 433 g/mol. The zero-order chi connectivity index (χ0) is 22.7. The summed E-state index contributed by atoms with van der Waals surface area (Å²) in [5.74, 6) is -0.912. The maximum Gasteiger partial charge on any atom is 0.253 e. The van der Waals surface area contributed by atoms with Crippen LogP contribution in [-0.4, -0.2) is 30.3 Å². The highest BCUT2D eigenvalue weighted by atomic mass is 16.2. The molecule has 2 aromatic rings. The molecule has 2 aromatic carbocycles. The van der Waals surface area contributed by atoms with Gasteiger partial charge in [0, 0.05) is 24.7 Å². The Bertz CT molecular complexity index is 1030. The van der Waals surface area contributed by atoms with Crippen LogP contribution >= 0.6 is 0 Å². The van der Waals surface area contributed by atoms with E-state index in [0.29, 0.717) is 17.8 Å². The third-order valence-electron chi connectivity index (χ3n) is 6.67. The van der Waals surface area contributed by atoms with E-state index in [1.807, 2.05) is 32.0 Å². The molecule has 4 rings (SSSR count). The van der Waals surface area contributed by atoms with Crippen LogP contribution in [0, 0.1) is 19.8 Å². The summed E-state index contributed by atoms with van der Waals surface area (Å²) in [5.41, 5.74) is 4.05. The largest absolute Gasteiger partial charge is 0.349 e. The molecule has 0 spiro atoms. The van der Waals surface area contributed by atoms with Crippen LogP contribution < -0.4 is 15.5 Å². The fourth-order valence-electron chi connectivity index (χ4n) is 4.56. The highest BCUT2D eigenvalue weighted by Gasteiger charge is 2.35. The fourth-order valence-corrected chi connectivity index (χ4v) is 4.56. The van der Waals surface area contributed by atoms with E-state index in [0.717, 1.165) is 42.5 Å². The van der Waals surface area contributed by atoms with Crippen molar-refractivity contribution in [1.29, 1.82) is 0 Å². The number of nitrogens with zero attached hydrogens (tertiary/aromatic N) is 1. The lowest BCUT2D eigenvalue weighted by Gasteiger charge is -2.23. The van der Waals surface area contributed by atoms with E-state index in [9.17, 15) is 14.4 Å². The Morgan fingerprint density at radius 3 is 2.47 bits per heavy atom. The second-order valence-corrected chi connectivity index (χ2v) is 9.02. The predicted octanol–water partition coefficient (Wildman–Crippen LogP) is 4.36. The first-order valence-electron chi connectivity index (χ1n) is 11.5. The molecule has 0 aromatic heterocycles. The summed E-state index contributed by atoms with van der Waals surface area (Å²) in [6, 6.07) is 13.2. The minimum absolute atomic E-state index is 0.0586. The summed E-state index contributed by atoms with van der Waals surface area (Å²) >= 11 is 0. The summed E-state index contributed by atoms with van der Waals surface area (Å²) < 4.78 is 0. The molecule has 2 fully saturated rings. The second kappa shape index (κ2) is 9.55. The van der Waals surface area contributed by atoms with Crippen molar-refractivity contribution in [3.8, 4) is 0 Å². The SMILES string of the molecule is Cc1ccc(N2C[C@H](C(=O)Nc3ccccc3C(=O)NC3CCCCC3)CC2=O)cc1C. The highest BCUT2D eigenvalue weighted by molar-refractivity contribution is 6.07. The van der Waals surface area contributed by atoms with E-state index < -0.39 is 5.92 Å². The maximum absolute atomic E-state index is 13.0. The van der Waals surface area contributed by atoms with Crippen molar-refractivity contribution in [3.05, 3.63) is 59.2 Å². The number of aryl methyl sites for hydroxylation is 2. The summed E-state index contributed by atoms with van der Waals surface area (Å²) in [7, 11) is 0. The summed E-state index contributed by atoms with van der Waals surface area (Å²) in [6.45, 7) is 4.38. The van der Waals surface area contributed by atoms with Gasteiger partial charge in [-0.15, -0.1) is 0 Å². The smallest absolute Gasteiger partial charge is 0.253 e. The van der Waals surface area contributed by atoms with Gasteiger partial charge in [-0.25, -0.2) is 0 Å². The number of para-hydroxylation sites is 1. The van der Waals surface area contributed by atoms with Gasteiger partial charge >= 0.3 is 0 Å². The summed E-state index contributed by atoms with van der Waals surface area (Å²) in [4.78, 5) is 40.2. The molecule has 0 radical (unpaired) electrons. The molecule has 0 unspecified atom stereocenters. The van der Waals surface area contributed by atoms with Crippen LogP contribution in [0.3, 0.4) is 0 Å². The molecule has 1 aliphatic carbocycles. The van der Waals surface area contributed by atoms with Crippen LogP contribution in [0.25, 0.3) is 0 Å². The molecule has 1 heterocycles. The van der Waals surface area contributed by atoms with Gasteiger partial charge in [-0.2, -0.15) is 0 Å². The van der Waals surface area contributed by atoms with Crippen molar-refractivity contribution in [2.75, 3.05) is 16.8 Å². The third-order valence-corrected chi connectivity index (χ3v) is 6.67. The average molecular weight is 434 g/mol. The van der Waals surface area contributed by atoms with Gasteiger partial charge in [-0.05, 0) is 62.1 Å². The van der Waals surface area contributed by atoms with Crippen molar-refractivity contribution in [3.63, 3.8) is 0 Å². The quantitative estimate of drug-likeness (QED) is 0.736. The van der Waals surface area contributed by atoms with Gasteiger partial charge in [0.2, 0.25) is 11.8 Å². The van der Waals surface area contributed by atoms with E-state index in [1.54, 1.807) is 29.2 Å². The minimum atomic E-state index is -0.460. The Labute approximate surface area is 189 Å². The Kier molecular flexibility index (Phi) is 6.58. The first kappa shape index (κ1) is 22.1. The Hall–Kier alpha value is -3.15. The van der Waals surface area contributed by atoms with Gasteiger partial charge in [-0.3, -0.25) is 14.4 Å². The molecule has 6 heteroatoms. The first-order chi connectivity index (χ1) is 15.4. The van der Waals surface area contributed by atoms with Crippen LogP contribution in [0.2, 0.25) is 0 Å². The summed E-state index contributed by atoms with van der Waals surface area (Å²) in [5, 5.41) is 6.02. The van der Waals surface area contributed by atoms with Gasteiger partial charge in [0.15, 0.2) is 0 Å². The van der Waals surface area contributed by atoms with Crippen molar-refractivity contribution < 1.29 is 14.4 Å². The molecule has 2 N–H and O–H groups in total. The molecule has 32 heavy (non-hydrogen) atoms. The van der Waals surface area contributed by atoms with Gasteiger partial charge in [0.25, 0.3) is 5.91 Å². The number of hydrogen-bond acceptors (Lipinski definition) is 3. The Balaban J connectivity index is 1.43. The molecule has 1 aliphatic heterocycles. The molecule has 6 nitrogen and oxygen atoms in total. The van der Waals surface area contributed by atoms with Crippen molar-refractivity contribution in [2.24, 2.45) is 5.92 Å². The van der Waals surface area contributed by atoms with Crippen LogP contribution in [-0.2, 0) is 9.59 Å². The number of amides is 3. The van der Waals surface area contributed by atoms with Crippen molar-refractivity contribution >= 4 is 29.1 Å². The van der Waals surface area contributed by atoms with Crippen LogP contribution in [0.5, 0.6) is 0 Å². The predicted molar refractivity (Wildman–Crippen MR) is 126 cm³/mol. The molecular weight excluding hydrogens is 402 g/mol. The maximum atomic E-state index is 13.0. The molecule has 3 amide bonds. The number of anilines is 2. The van der Waals surface area contributed by atoms with Gasteiger partial charge < -0.3 is 15.5 Å². The van der Waals surface area contributed by atoms with E-state index >= 15 is 0 Å². The zero-order valence-electron chi connectivity index (χ0n) is 18.8. The van der Waals surface area contributed by atoms with E-state index in [1.165, 1.54) is 6.42 Å². The molecule has 1 saturated carbocycles. The number of carbonyl (C=O) groups is 3. The molecule has 1 atom stereocenters. The van der Waals surface area contributed by atoms with Gasteiger partial charge in [0.1, 0.15) is 0 Å². The number of hydrogen-bond donors (Lipinski definition) is 2. The van der Waals surface area contributed by atoms with E-state index in [2.05, 4.69) is 10.6 Å². The topological polar surface area (TPSA) is 78.5 Å². The third kappa shape index (κ3) is 4.85. The van der Waals surface area contributed by atoms with Gasteiger partial charge in [-0.1, -0.05) is 37.5 Å². The molecule has 0 bridgehead atoms. The standard InChI is InChI=1S/C26H31N3O3/c1-17-12-13-21(14-18(17)2)29-16-19(15-24(29)30)25(31)28-23-11-7-6-10-22(23)26(32)27-20-8-4-3-5-9-20/h6-7,10-14,19-20H,3-5,8-9,15-16H2,1-2H3,(H,27,32)(H,28,31)/t19-/m1/s1. The molecule has 1 saturated heterocycles. The normalized spacial score (nSPS) is 19.1. The number of nitrogens with one attached hydrogen (secondary N) is 2. The lowest BCUT2D eigenvalue weighted by Crippen LogP contribution is -2.36. The zero-order valence-corrected chi connectivity index (χ0v) is 18.8. The van der Waals surface area contributed by atoms with Crippen LogP contribution in [0.15, 0.2) is 42.5 Å². The van der Waals surface area contributed by atoms with Gasteiger partial charge in [0.05, 0.1) is 17.2 Å². The lowest BCUT2D eigenvalue weighted by atomic mass is 9.95. The highest BCUT2D eigenvalue weighted by Crippen LogP contribution is 2.28. The van der Waals surface area contributed by atoms with Crippen LogP contribution in [0.1, 0.15) is 60.0 Å². The Morgan fingerprint density at radius 1 is 0.969 bits per heavy atom. The molecule has 2 aliphatic rings. The van der Waals surface area contributed by atoms with Crippen molar-refractivity contribution in [1.82, 2.24) is 5.32 Å². The average Bonchev–Trinajstić information content (AvgIpc) is 3.18. The first-order valence-corrected chi connectivity index (χ1v) is 11.5. The lowest BCUT2D eigenvalue weighted by molar-refractivity contribution is -0.122.